The maximum absolute atomic E-state index is 12.2. The maximum atomic E-state index is 12.2. The molecule has 1 aromatic carbocycles. The predicted octanol–water partition coefficient (Wildman–Crippen LogP) is 1.70. The third-order valence-electron chi connectivity index (χ3n) is 4.45. The minimum absolute atomic E-state index is 0.102. The molecule has 4 rings (SSSR count). The third kappa shape index (κ3) is 4.22. The molecule has 1 fully saturated rings. The predicted molar refractivity (Wildman–Crippen MR) is 98.1 cm³/mol. The topological polar surface area (TPSA) is 91.2 Å². The lowest BCUT2D eigenvalue weighted by Crippen LogP contribution is -2.34. The van der Waals surface area contributed by atoms with E-state index in [1.165, 1.54) is 6.33 Å². The number of nitrogens with one attached hydrogen (secondary N) is 1. The van der Waals surface area contributed by atoms with Crippen LogP contribution >= 0.6 is 0 Å². The zero-order valence-corrected chi connectivity index (χ0v) is 14.9. The van der Waals surface area contributed by atoms with E-state index >= 15 is 0 Å². The van der Waals surface area contributed by atoms with E-state index in [0.717, 1.165) is 25.0 Å². The van der Waals surface area contributed by atoms with Crippen LogP contribution in [-0.4, -0.2) is 44.7 Å². The Morgan fingerprint density at radius 2 is 2.15 bits per heavy atom. The van der Waals surface area contributed by atoms with Crippen molar-refractivity contribution in [3.05, 3.63) is 48.5 Å². The van der Waals surface area contributed by atoms with Crippen LogP contribution in [0.2, 0.25) is 0 Å². The number of fused-ring (bicyclic) bond motifs is 1. The number of aromatic nitrogens is 4. The largest absolute Gasteiger partial charge is 0.471 e. The second kappa shape index (κ2) is 8.13. The second-order valence-corrected chi connectivity index (χ2v) is 6.44. The summed E-state index contributed by atoms with van der Waals surface area (Å²) in [5.74, 6) is 0.303. The molecule has 1 unspecified atom stereocenters. The van der Waals surface area contributed by atoms with Crippen LogP contribution in [0.4, 0.5) is 0 Å². The van der Waals surface area contributed by atoms with Crippen LogP contribution in [0.3, 0.4) is 0 Å². The Bertz CT molecular complexity index is 906. The van der Waals surface area contributed by atoms with Crippen LogP contribution in [0, 0.1) is 0 Å². The summed E-state index contributed by atoms with van der Waals surface area (Å²) < 4.78 is 13.0. The Morgan fingerprint density at radius 1 is 1.26 bits per heavy atom. The number of hydrogen-bond acceptors (Lipinski definition) is 6. The highest BCUT2D eigenvalue weighted by atomic mass is 16.5. The number of nitrogens with zero attached hydrogens (tertiary/aromatic N) is 4. The molecule has 3 aromatic rings. The highest BCUT2D eigenvalue weighted by molar-refractivity contribution is 5.80. The summed E-state index contributed by atoms with van der Waals surface area (Å²) in [7, 11) is 0. The van der Waals surface area contributed by atoms with Gasteiger partial charge in [-0.3, -0.25) is 4.79 Å². The van der Waals surface area contributed by atoms with Crippen LogP contribution in [0.1, 0.15) is 18.4 Å². The van der Waals surface area contributed by atoms with Gasteiger partial charge in [0.15, 0.2) is 11.2 Å². The van der Waals surface area contributed by atoms with Crippen LogP contribution < -0.4 is 10.1 Å². The van der Waals surface area contributed by atoms with E-state index < -0.39 is 0 Å². The molecule has 140 valence electrons. The average Bonchev–Trinajstić information content (AvgIpc) is 3.36. The molecule has 0 radical (unpaired) electrons. The van der Waals surface area contributed by atoms with Crippen molar-refractivity contribution in [3.63, 3.8) is 0 Å². The zero-order valence-electron chi connectivity index (χ0n) is 14.9. The minimum atomic E-state index is -0.102. The molecule has 3 heterocycles. The zero-order chi connectivity index (χ0) is 18.5. The lowest BCUT2D eigenvalue weighted by atomic mass is 10.2. The van der Waals surface area contributed by atoms with Crippen LogP contribution in [0.25, 0.3) is 11.2 Å². The summed E-state index contributed by atoms with van der Waals surface area (Å²) in [4.78, 5) is 25.0. The van der Waals surface area contributed by atoms with Gasteiger partial charge >= 0.3 is 0 Å². The number of imidazole rings is 1. The highest BCUT2D eigenvalue weighted by Gasteiger charge is 2.17. The van der Waals surface area contributed by atoms with Gasteiger partial charge in [-0.15, -0.1) is 0 Å². The molecule has 1 aliphatic rings. The van der Waals surface area contributed by atoms with Crippen molar-refractivity contribution in [2.24, 2.45) is 0 Å². The summed E-state index contributed by atoms with van der Waals surface area (Å²) in [6, 6.07) is 9.83. The first kappa shape index (κ1) is 17.4. The fourth-order valence-electron chi connectivity index (χ4n) is 3.05. The summed E-state index contributed by atoms with van der Waals surface area (Å²) in [6.45, 7) is 1.83. The Labute approximate surface area is 156 Å². The van der Waals surface area contributed by atoms with Gasteiger partial charge in [-0.1, -0.05) is 30.3 Å². The first-order chi connectivity index (χ1) is 13.3. The van der Waals surface area contributed by atoms with Gasteiger partial charge in [0.25, 0.3) is 0 Å². The van der Waals surface area contributed by atoms with Gasteiger partial charge in [-0.2, -0.15) is 4.98 Å². The third-order valence-corrected chi connectivity index (χ3v) is 4.45. The van der Waals surface area contributed by atoms with E-state index in [9.17, 15) is 4.79 Å². The summed E-state index contributed by atoms with van der Waals surface area (Å²) in [5, 5.41) is 2.90. The molecule has 2 aromatic heterocycles. The summed E-state index contributed by atoms with van der Waals surface area (Å²) in [5.41, 5.74) is 2.15. The van der Waals surface area contributed by atoms with Crippen molar-refractivity contribution >= 4 is 17.1 Å². The molecule has 1 amide bonds. The van der Waals surface area contributed by atoms with Crippen molar-refractivity contribution in [1.29, 1.82) is 0 Å². The van der Waals surface area contributed by atoms with Gasteiger partial charge in [-0.25, -0.2) is 9.97 Å². The number of amides is 1. The van der Waals surface area contributed by atoms with Crippen molar-refractivity contribution < 1.29 is 14.3 Å². The minimum Gasteiger partial charge on any atom is -0.471 e. The van der Waals surface area contributed by atoms with E-state index in [1.54, 1.807) is 10.9 Å². The summed E-state index contributed by atoms with van der Waals surface area (Å²) >= 11 is 0. The quantitative estimate of drug-likeness (QED) is 0.683. The smallest absolute Gasteiger partial charge is 0.245 e. The normalized spacial score (nSPS) is 16.5. The van der Waals surface area contributed by atoms with E-state index in [4.69, 9.17) is 9.47 Å². The van der Waals surface area contributed by atoms with Gasteiger partial charge in [0, 0.05) is 13.2 Å². The van der Waals surface area contributed by atoms with Crippen molar-refractivity contribution in [2.75, 3.05) is 13.2 Å². The van der Waals surface area contributed by atoms with Crippen molar-refractivity contribution in [3.8, 4) is 5.88 Å². The molecule has 1 N–H and O–H groups in total. The molecule has 0 bridgehead atoms. The van der Waals surface area contributed by atoms with E-state index in [1.807, 2.05) is 30.3 Å². The molecule has 0 aliphatic carbocycles. The Balaban J connectivity index is 1.41. The Morgan fingerprint density at radius 3 is 2.96 bits per heavy atom. The number of rotatable bonds is 7. The lowest BCUT2D eigenvalue weighted by Gasteiger charge is -2.11. The Kier molecular flexibility index (Phi) is 5.24. The molecule has 0 spiro atoms. The first-order valence-corrected chi connectivity index (χ1v) is 9.00. The fourth-order valence-corrected chi connectivity index (χ4v) is 3.05. The summed E-state index contributed by atoms with van der Waals surface area (Å²) in [6.07, 6.45) is 5.17. The highest BCUT2D eigenvalue weighted by Crippen LogP contribution is 2.20. The second-order valence-electron chi connectivity index (χ2n) is 6.44. The first-order valence-electron chi connectivity index (χ1n) is 9.00. The molecular formula is C19H21N5O3. The van der Waals surface area contributed by atoms with E-state index in [-0.39, 0.29) is 18.6 Å². The monoisotopic (exact) mass is 367 g/mol. The van der Waals surface area contributed by atoms with Crippen molar-refractivity contribution in [2.45, 2.75) is 32.1 Å². The van der Waals surface area contributed by atoms with Crippen molar-refractivity contribution in [1.82, 2.24) is 24.8 Å². The van der Waals surface area contributed by atoms with E-state index in [0.29, 0.717) is 30.2 Å². The van der Waals surface area contributed by atoms with Gasteiger partial charge in [0.2, 0.25) is 11.8 Å². The standard InChI is InChI=1S/C19H21N5O3/c25-16(20-9-15-7-4-8-26-15)10-24-13-23-17-18(24)21-12-22-19(17)27-11-14-5-2-1-3-6-14/h1-3,5-6,12-13,15H,4,7-11H2,(H,20,25). The van der Waals surface area contributed by atoms with Gasteiger partial charge < -0.3 is 19.4 Å². The molecule has 27 heavy (non-hydrogen) atoms. The number of hydrogen-bond donors (Lipinski definition) is 1. The molecule has 0 saturated carbocycles. The SMILES string of the molecule is O=C(Cn1cnc2c(OCc3ccccc3)ncnc21)NCC1CCCO1. The lowest BCUT2D eigenvalue weighted by molar-refractivity contribution is -0.122. The van der Waals surface area contributed by atoms with Crippen LogP contribution in [0.15, 0.2) is 43.0 Å². The van der Waals surface area contributed by atoms with Gasteiger partial charge in [0.05, 0.1) is 12.4 Å². The van der Waals surface area contributed by atoms with Crippen LogP contribution in [0.5, 0.6) is 5.88 Å². The molecule has 1 atom stereocenters. The molecule has 8 nitrogen and oxygen atoms in total. The number of carbonyl (C=O) groups is 1. The Hall–Kier alpha value is -3.00. The van der Waals surface area contributed by atoms with Gasteiger partial charge in [0.1, 0.15) is 19.5 Å². The average molecular weight is 367 g/mol. The molecule has 8 heteroatoms. The molecular weight excluding hydrogens is 346 g/mol. The molecule has 1 saturated heterocycles. The number of ether oxygens (including phenoxy) is 2. The molecule has 1 aliphatic heterocycles. The van der Waals surface area contributed by atoms with Gasteiger partial charge in [-0.05, 0) is 18.4 Å². The number of benzene rings is 1. The number of carbonyl (C=O) groups excluding carboxylic acids is 1. The fraction of sp³-hybridized carbons (Fsp3) is 0.368. The van der Waals surface area contributed by atoms with Crippen LogP contribution in [-0.2, 0) is 22.7 Å². The maximum Gasteiger partial charge on any atom is 0.245 e. The van der Waals surface area contributed by atoms with E-state index in [2.05, 4.69) is 20.3 Å².